The molecule has 0 unspecified atom stereocenters. The van der Waals surface area contributed by atoms with Gasteiger partial charge in [0.15, 0.2) is 0 Å². The maximum atomic E-state index is 13.4. The van der Waals surface area contributed by atoms with E-state index >= 15 is 0 Å². The van der Waals surface area contributed by atoms with Crippen LogP contribution in [-0.4, -0.2) is 35.8 Å². The van der Waals surface area contributed by atoms with Crippen LogP contribution in [0.2, 0.25) is 0 Å². The Labute approximate surface area is 126 Å². The maximum absolute atomic E-state index is 13.4. The Morgan fingerprint density at radius 3 is 2.64 bits per heavy atom. The topological polar surface area (TPSA) is 105 Å². The third-order valence-corrected chi connectivity index (χ3v) is 3.52. The number of hydrazine groups is 1. The van der Waals surface area contributed by atoms with Crippen molar-refractivity contribution < 1.29 is 18.8 Å². The molecular weight excluding hydrogens is 291 g/mol. The molecule has 1 aromatic rings. The first-order valence-electron chi connectivity index (χ1n) is 6.88. The lowest BCUT2D eigenvalue weighted by Crippen LogP contribution is -2.51. The van der Waals surface area contributed by atoms with Crippen LogP contribution < -0.4 is 16.6 Å². The van der Waals surface area contributed by atoms with Crippen LogP contribution in [0.5, 0.6) is 0 Å². The summed E-state index contributed by atoms with van der Waals surface area (Å²) in [5.41, 5.74) is 9.45. The van der Waals surface area contributed by atoms with Crippen molar-refractivity contribution in [1.29, 1.82) is 0 Å². The second kappa shape index (κ2) is 6.88. The van der Waals surface area contributed by atoms with Gasteiger partial charge in [-0.2, -0.15) is 0 Å². The van der Waals surface area contributed by atoms with Gasteiger partial charge in [0, 0.05) is 13.1 Å². The van der Waals surface area contributed by atoms with Crippen molar-refractivity contribution in [3.63, 3.8) is 0 Å². The number of carbonyl (C=O) groups excluding carboxylic acids is 3. The zero-order valence-corrected chi connectivity index (χ0v) is 11.8. The average Bonchev–Trinajstić information content (AvgIpc) is 2.52. The van der Waals surface area contributed by atoms with Crippen LogP contribution >= 0.6 is 0 Å². The summed E-state index contributed by atoms with van der Waals surface area (Å²) in [6.45, 7) is 0.720. The van der Waals surface area contributed by atoms with Crippen molar-refractivity contribution in [2.45, 2.75) is 12.8 Å². The van der Waals surface area contributed by atoms with E-state index in [4.69, 9.17) is 5.73 Å². The number of primary amides is 1. The van der Waals surface area contributed by atoms with Crippen LogP contribution in [0.25, 0.3) is 0 Å². The van der Waals surface area contributed by atoms with Crippen LogP contribution in [0.4, 0.5) is 9.18 Å². The van der Waals surface area contributed by atoms with E-state index < -0.39 is 29.6 Å². The van der Waals surface area contributed by atoms with Crippen LogP contribution in [-0.2, 0) is 4.79 Å². The SMILES string of the molecule is NC(=O)N1CCC[C@H](C(=O)NNC(=O)c2ccccc2F)C1. The first kappa shape index (κ1) is 15.7. The number of likely N-dealkylation sites (tertiary alicyclic amines) is 1. The monoisotopic (exact) mass is 308 g/mol. The molecule has 7 nitrogen and oxygen atoms in total. The maximum Gasteiger partial charge on any atom is 0.314 e. The molecule has 1 heterocycles. The van der Waals surface area contributed by atoms with Crippen molar-refractivity contribution in [3.8, 4) is 0 Å². The number of halogens is 1. The van der Waals surface area contributed by atoms with E-state index in [0.717, 1.165) is 6.07 Å². The van der Waals surface area contributed by atoms with Crippen LogP contribution in [0, 0.1) is 11.7 Å². The number of carbonyl (C=O) groups is 3. The number of piperidine rings is 1. The number of nitrogens with zero attached hydrogens (tertiary/aromatic N) is 1. The smallest absolute Gasteiger partial charge is 0.314 e. The number of hydrogen-bond acceptors (Lipinski definition) is 3. The minimum absolute atomic E-state index is 0.162. The normalized spacial score (nSPS) is 17.7. The summed E-state index contributed by atoms with van der Waals surface area (Å²) in [5, 5.41) is 0. The van der Waals surface area contributed by atoms with Gasteiger partial charge in [0.2, 0.25) is 5.91 Å². The molecular formula is C14H17FN4O3. The molecule has 0 bridgehead atoms. The lowest BCUT2D eigenvalue weighted by Gasteiger charge is -2.30. The van der Waals surface area contributed by atoms with Gasteiger partial charge in [-0.3, -0.25) is 20.4 Å². The zero-order chi connectivity index (χ0) is 16.1. The number of hydrogen-bond donors (Lipinski definition) is 3. The molecule has 4 amide bonds. The molecule has 118 valence electrons. The minimum atomic E-state index is -0.742. The van der Waals surface area contributed by atoms with Crippen LogP contribution in [0.15, 0.2) is 24.3 Å². The summed E-state index contributed by atoms with van der Waals surface area (Å²) in [6.07, 6.45) is 1.24. The molecule has 4 N–H and O–H groups in total. The molecule has 0 spiro atoms. The predicted molar refractivity (Wildman–Crippen MR) is 75.9 cm³/mol. The Morgan fingerprint density at radius 2 is 1.95 bits per heavy atom. The standard InChI is InChI=1S/C14H17FN4O3/c15-11-6-2-1-5-10(11)13(21)18-17-12(20)9-4-3-7-19(8-9)14(16)22/h1-2,5-6,9H,3-4,7-8H2,(H2,16,22)(H,17,20)(H,18,21)/t9-/m0/s1. The molecule has 1 fully saturated rings. The van der Waals surface area contributed by atoms with Gasteiger partial charge in [0.25, 0.3) is 5.91 Å². The van der Waals surface area contributed by atoms with Crippen molar-refractivity contribution in [2.75, 3.05) is 13.1 Å². The molecule has 0 saturated carbocycles. The van der Waals surface area contributed by atoms with Crippen molar-refractivity contribution >= 4 is 17.8 Å². The average molecular weight is 308 g/mol. The summed E-state index contributed by atoms with van der Waals surface area (Å²) >= 11 is 0. The minimum Gasteiger partial charge on any atom is -0.351 e. The number of benzene rings is 1. The Morgan fingerprint density at radius 1 is 1.23 bits per heavy atom. The third kappa shape index (κ3) is 3.72. The summed E-state index contributed by atoms with van der Waals surface area (Å²) in [7, 11) is 0. The molecule has 1 aliphatic rings. The summed E-state index contributed by atoms with van der Waals surface area (Å²) in [6, 6.07) is 4.87. The number of nitrogens with one attached hydrogen (secondary N) is 2. The predicted octanol–water partition coefficient (Wildman–Crippen LogP) is 0.377. The summed E-state index contributed by atoms with van der Waals surface area (Å²) in [4.78, 5) is 36.3. The molecule has 1 atom stereocenters. The van der Waals surface area contributed by atoms with E-state index in [1.165, 1.54) is 23.1 Å². The molecule has 2 rings (SSSR count). The van der Waals surface area contributed by atoms with Gasteiger partial charge in [-0.15, -0.1) is 0 Å². The molecule has 0 radical (unpaired) electrons. The van der Waals surface area contributed by atoms with Crippen LogP contribution in [0.1, 0.15) is 23.2 Å². The zero-order valence-electron chi connectivity index (χ0n) is 11.8. The highest BCUT2D eigenvalue weighted by molar-refractivity contribution is 5.95. The van der Waals surface area contributed by atoms with Gasteiger partial charge in [-0.1, -0.05) is 12.1 Å². The van der Waals surface area contributed by atoms with Crippen molar-refractivity contribution in [1.82, 2.24) is 15.8 Å². The van der Waals surface area contributed by atoms with Gasteiger partial charge in [0.05, 0.1) is 11.5 Å². The van der Waals surface area contributed by atoms with Crippen LogP contribution in [0.3, 0.4) is 0 Å². The third-order valence-electron chi connectivity index (χ3n) is 3.52. The Kier molecular flexibility index (Phi) is 4.92. The number of nitrogens with two attached hydrogens (primary N) is 1. The van der Waals surface area contributed by atoms with Gasteiger partial charge in [-0.05, 0) is 25.0 Å². The molecule has 1 aliphatic heterocycles. The molecule has 1 aromatic carbocycles. The van der Waals surface area contributed by atoms with E-state index in [0.29, 0.717) is 19.4 Å². The summed E-state index contributed by atoms with van der Waals surface area (Å²) < 4.78 is 13.4. The fraction of sp³-hybridized carbons (Fsp3) is 0.357. The molecule has 8 heteroatoms. The van der Waals surface area contributed by atoms with Crippen molar-refractivity contribution in [2.24, 2.45) is 11.7 Å². The fourth-order valence-electron chi connectivity index (χ4n) is 2.32. The second-order valence-corrected chi connectivity index (χ2v) is 5.05. The Balaban J connectivity index is 1.89. The fourth-order valence-corrected chi connectivity index (χ4v) is 2.32. The van der Waals surface area contributed by atoms with E-state index in [9.17, 15) is 18.8 Å². The molecule has 0 aliphatic carbocycles. The largest absolute Gasteiger partial charge is 0.351 e. The Bertz CT molecular complexity index is 593. The van der Waals surface area contributed by atoms with E-state index in [-0.39, 0.29) is 12.1 Å². The summed E-state index contributed by atoms with van der Waals surface area (Å²) in [5.74, 6) is -2.31. The number of rotatable bonds is 2. The van der Waals surface area contributed by atoms with E-state index in [1.807, 2.05) is 0 Å². The highest BCUT2D eigenvalue weighted by Gasteiger charge is 2.27. The molecule has 0 aromatic heterocycles. The highest BCUT2D eigenvalue weighted by Crippen LogP contribution is 2.16. The first-order chi connectivity index (χ1) is 10.5. The van der Waals surface area contributed by atoms with Gasteiger partial charge in [0.1, 0.15) is 5.82 Å². The van der Waals surface area contributed by atoms with Gasteiger partial charge < -0.3 is 10.6 Å². The van der Waals surface area contributed by atoms with E-state index in [2.05, 4.69) is 10.9 Å². The van der Waals surface area contributed by atoms with Gasteiger partial charge in [-0.25, -0.2) is 9.18 Å². The first-order valence-corrected chi connectivity index (χ1v) is 6.88. The lowest BCUT2D eigenvalue weighted by atomic mass is 9.98. The number of urea groups is 1. The van der Waals surface area contributed by atoms with Gasteiger partial charge >= 0.3 is 6.03 Å². The second-order valence-electron chi connectivity index (χ2n) is 5.05. The Hall–Kier alpha value is -2.64. The quantitative estimate of drug-likeness (QED) is 0.688. The number of amides is 4. The molecule has 1 saturated heterocycles. The van der Waals surface area contributed by atoms with E-state index in [1.54, 1.807) is 0 Å². The van der Waals surface area contributed by atoms with Crippen molar-refractivity contribution in [3.05, 3.63) is 35.6 Å². The molecule has 22 heavy (non-hydrogen) atoms. The lowest BCUT2D eigenvalue weighted by molar-refractivity contribution is -0.127. The highest BCUT2D eigenvalue weighted by atomic mass is 19.1.